The molecule has 0 saturated carbocycles. The quantitative estimate of drug-likeness (QED) is 0.652. The van der Waals surface area contributed by atoms with Crippen molar-refractivity contribution in [1.29, 1.82) is 10.5 Å². The van der Waals surface area contributed by atoms with Crippen LogP contribution in [-0.4, -0.2) is 37.6 Å². The van der Waals surface area contributed by atoms with Gasteiger partial charge in [-0.15, -0.1) is 0 Å². The fourth-order valence-corrected chi connectivity index (χ4v) is 1.81. The first-order valence-corrected chi connectivity index (χ1v) is 5.03. The van der Waals surface area contributed by atoms with Crippen LogP contribution in [0.1, 0.15) is 12.8 Å². The Labute approximate surface area is 85.1 Å². The second kappa shape index (κ2) is 6.37. The van der Waals surface area contributed by atoms with E-state index in [1.54, 1.807) is 0 Å². The Morgan fingerprint density at radius 2 is 1.71 bits per heavy atom. The van der Waals surface area contributed by atoms with Gasteiger partial charge in [-0.3, -0.25) is 4.90 Å². The standard InChI is InChI=1S/C10H16N4/c11-3-7-14(8-4-12)9-10-1-5-13-6-2-10/h10,13H,1-2,5-9H2. The monoisotopic (exact) mass is 192 g/mol. The molecular weight excluding hydrogens is 176 g/mol. The molecule has 76 valence electrons. The van der Waals surface area contributed by atoms with Crippen LogP contribution in [0, 0.1) is 28.6 Å². The van der Waals surface area contributed by atoms with Crippen LogP contribution >= 0.6 is 0 Å². The number of hydrogen-bond acceptors (Lipinski definition) is 4. The molecule has 0 aliphatic carbocycles. The summed E-state index contributed by atoms with van der Waals surface area (Å²) < 4.78 is 0. The molecule has 0 aromatic rings. The zero-order valence-corrected chi connectivity index (χ0v) is 8.37. The topological polar surface area (TPSA) is 62.9 Å². The third-order valence-corrected chi connectivity index (χ3v) is 2.56. The Bertz CT molecular complexity index is 215. The summed E-state index contributed by atoms with van der Waals surface area (Å²) in [7, 11) is 0. The minimum Gasteiger partial charge on any atom is -0.317 e. The largest absolute Gasteiger partial charge is 0.317 e. The van der Waals surface area contributed by atoms with Crippen molar-refractivity contribution in [2.45, 2.75) is 12.8 Å². The number of nitrogens with zero attached hydrogens (tertiary/aromatic N) is 3. The number of rotatable bonds is 4. The highest BCUT2D eigenvalue weighted by Gasteiger charge is 2.16. The molecule has 1 N–H and O–H groups in total. The van der Waals surface area contributed by atoms with Gasteiger partial charge in [-0.25, -0.2) is 0 Å². The fraction of sp³-hybridized carbons (Fsp3) is 0.800. The second-order valence-corrected chi connectivity index (χ2v) is 3.68. The van der Waals surface area contributed by atoms with Gasteiger partial charge in [0.15, 0.2) is 0 Å². The van der Waals surface area contributed by atoms with Crippen LogP contribution in [0.4, 0.5) is 0 Å². The number of nitriles is 2. The van der Waals surface area contributed by atoms with Crippen LogP contribution in [0.25, 0.3) is 0 Å². The van der Waals surface area contributed by atoms with Gasteiger partial charge in [0, 0.05) is 6.54 Å². The van der Waals surface area contributed by atoms with Crippen molar-refractivity contribution >= 4 is 0 Å². The summed E-state index contributed by atoms with van der Waals surface area (Å²) in [6, 6.07) is 4.20. The molecule has 1 rings (SSSR count). The van der Waals surface area contributed by atoms with Crippen LogP contribution in [0.2, 0.25) is 0 Å². The summed E-state index contributed by atoms with van der Waals surface area (Å²) >= 11 is 0. The molecule has 1 fully saturated rings. The molecule has 0 unspecified atom stereocenters. The van der Waals surface area contributed by atoms with Gasteiger partial charge in [0.1, 0.15) is 0 Å². The first kappa shape index (κ1) is 11.0. The summed E-state index contributed by atoms with van der Waals surface area (Å²) in [4.78, 5) is 1.93. The summed E-state index contributed by atoms with van der Waals surface area (Å²) in [5.74, 6) is 0.651. The van der Waals surface area contributed by atoms with Gasteiger partial charge >= 0.3 is 0 Å². The Morgan fingerprint density at radius 1 is 1.14 bits per heavy atom. The van der Waals surface area contributed by atoms with Gasteiger partial charge in [-0.2, -0.15) is 10.5 Å². The van der Waals surface area contributed by atoms with Gasteiger partial charge < -0.3 is 5.32 Å². The van der Waals surface area contributed by atoms with Gasteiger partial charge in [0.2, 0.25) is 0 Å². The van der Waals surface area contributed by atoms with E-state index in [2.05, 4.69) is 17.5 Å². The summed E-state index contributed by atoms with van der Waals surface area (Å²) in [6.45, 7) is 3.77. The highest BCUT2D eigenvalue weighted by molar-refractivity contribution is 4.85. The molecule has 0 spiro atoms. The summed E-state index contributed by atoms with van der Waals surface area (Å²) in [5.41, 5.74) is 0. The molecule has 1 aliphatic heterocycles. The molecule has 1 aliphatic rings. The average Bonchev–Trinajstić information content (AvgIpc) is 2.20. The second-order valence-electron chi connectivity index (χ2n) is 3.68. The number of hydrogen-bond donors (Lipinski definition) is 1. The summed E-state index contributed by atoms with van der Waals surface area (Å²) in [6.07, 6.45) is 2.32. The van der Waals surface area contributed by atoms with Crippen molar-refractivity contribution in [3.8, 4) is 12.1 Å². The Morgan fingerprint density at radius 3 is 2.21 bits per heavy atom. The van der Waals surface area contributed by atoms with Crippen molar-refractivity contribution < 1.29 is 0 Å². The summed E-state index contributed by atoms with van der Waals surface area (Å²) in [5, 5.41) is 20.5. The van der Waals surface area contributed by atoms with Crippen LogP contribution in [0.5, 0.6) is 0 Å². The van der Waals surface area contributed by atoms with E-state index in [0.717, 1.165) is 32.5 Å². The third kappa shape index (κ3) is 3.74. The molecule has 0 radical (unpaired) electrons. The van der Waals surface area contributed by atoms with Crippen LogP contribution in [-0.2, 0) is 0 Å². The maximum atomic E-state index is 8.58. The van der Waals surface area contributed by atoms with Crippen molar-refractivity contribution in [1.82, 2.24) is 10.2 Å². The molecule has 4 heteroatoms. The van der Waals surface area contributed by atoms with Crippen LogP contribution < -0.4 is 5.32 Å². The molecule has 14 heavy (non-hydrogen) atoms. The van der Waals surface area contributed by atoms with Crippen LogP contribution in [0.15, 0.2) is 0 Å². The van der Waals surface area contributed by atoms with Gasteiger partial charge in [-0.1, -0.05) is 0 Å². The van der Waals surface area contributed by atoms with Gasteiger partial charge in [-0.05, 0) is 31.8 Å². The lowest BCUT2D eigenvalue weighted by atomic mass is 9.97. The van der Waals surface area contributed by atoms with E-state index < -0.39 is 0 Å². The minimum atomic E-state index is 0.373. The minimum absolute atomic E-state index is 0.373. The predicted octanol–water partition coefficient (Wildman–Crippen LogP) is 0.335. The Balaban J connectivity index is 2.30. The van der Waals surface area contributed by atoms with Crippen molar-refractivity contribution in [3.63, 3.8) is 0 Å². The zero-order chi connectivity index (χ0) is 10.2. The van der Waals surface area contributed by atoms with E-state index in [0.29, 0.717) is 19.0 Å². The lowest BCUT2D eigenvalue weighted by Gasteiger charge is -2.27. The van der Waals surface area contributed by atoms with E-state index in [9.17, 15) is 0 Å². The predicted molar refractivity (Wildman–Crippen MR) is 53.3 cm³/mol. The SMILES string of the molecule is N#CCN(CC#N)CC1CCNCC1. The van der Waals surface area contributed by atoms with Crippen molar-refractivity contribution in [2.24, 2.45) is 5.92 Å². The molecule has 0 aromatic heterocycles. The van der Waals surface area contributed by atoms with Gasteiger partial charge in [0.05, 0.1) is 25.2 Å². The molecule has 0 amide bonds. The first-order chi connectivity index (χ1) is 6.86. The molecule has 4 nitrogen and oxygen atoms in total. The van der Waals surface area contributed by atoms with E-state index in [1.807, 2.05) is 4.90 Å². The highest BCUT2D eigenvalue weighted by Crippen LogP contribution is 2.12. The molecule has 1 heterocycles. The Hall–Kier alpha value is -1.10. The molecular formula is C10H16N4. The average molecular weight is 192 g/mol. The lowest BCUT2D eigenvalue weighted by molar-refractivity contribution is 0.242. The maximum Gasteiger partial charge on any atom is 0.0874 e. The highest BCUT2D eigenvalue weighted by atomic mass is 15.1. The first-order valence-electron chi connectivity index (χ1n) is 5.03. The van der Waals surface area contributed by atoms with Crippen molar-refractivity contribution in [3.05, 3.63) is 0 Å². The third-order valence-electron chi connectivity index (χ3n) is 2.56. The maximum absolute atomic E-state index is 8.58. The lowest BCUT2D eigenvalue weighted by Crippen LogP contribution is -2.36. The van der Waals surface area contributed by atoms with E-state index >= 15 is 0 Å². The number of piperidine rings is 1. The van der Waals surface area contributed by atoms with E-state index in [-0.39, 0.29) is 0 Å². The van der Waals surface area contributed by atoms with Crippen LogP contribution in [0.3, 0.4) is 0 Å². The van der Waals surface area contributed by atoms with Crippen molar-refractivity contribution in [2.75, 3.05) is 32.7 Å². The number of nitrogens with one attached hydrogen (secondary N) is 1. The fourth-order valence-electron chi connectivity index (χ4n) is 1.81. The molecule has 1 saturated heterocycles. The normalized spacial score (nSPS) is 17.6. The zero-order valence-electron chi connectivity index (χ0n) is 8.37. The molecule has 0 atom stereocenters. The molecule has 0 bridgehead atoms. The van der Waals surface area contributed by atoms with E-state index in [4.69, 9.17) is 10.5 Å². The van der Waals surface area contributed by atoms with Gasteiger partial charge in [0.25, 0.3) is 0 Å². The Kier molecular flexibility index (Phi) is 4.99. The van der Waals surface area contributed by atoms with E-state index in [1.165, 1.54) is 0 Å². The molecule has 0 aromatic carbocycles. The smallest absolute Gasteiger partial charge is 0.0874 e.